The van der Waals surface area contributed by atoms with Crippen molar-refractivity contribution in [3.05, 3.63) is 23.8 Å². The van der Waals surface area contributed by atoms with Gasteiger partial charge in [-0.1, -0.05) is 13.8 Å². The summed E-state index contributed by atoms with van der Waals surface area (Å²) in [5.41, 5.74) is 0.249. The number of phenolic OH excluding ortho intramolecular Hbond substituents is 1. The smallest absolute Gasteiger partial charge is 0.305 e. The Kier molecular flexibility index (Phi) is 5.37. The Morgan fingerprint density at radius 1 is 1.35 bits per heavy atom. The van der Waals surface area contributed by atoms with Crippen molar-refractivity contribution in [2.24, 2.45) is 5.92 Å². The quantitative estimate of drug-likeness (QED) is 0.736. The molecule has 0 bridgehead atoms. The molecule has 110 valence electrons. The highest BCUT2D eigenvalue weighted by Crippen LogP contribution is 2.26. The molecule has 0 aliphatic carbocycles. The molecule has 0 saturated carbocycles. The Labute approximate surface area is 117 Å². The molecule has 0 heterocycles. The van der Waals surface area contributed by atoms with Crippen molar-refractivity contribution in [2.45, 2.75) is 26.3 Å². The standard InChI is InChI=1S/C14H19NO5/c1-8(2)10(7-13(17)18)15-14(19)9-4-5-12(20-3)11(16)6-9/h4-6,8,10,16H,7H2,1-3H3,(H,15,19)(H,17,18). The first-order valence-corrected chi connectivity index (χ1v) is 6.24. The molecule has 1 atom stereocenters. The van der Waals surface area contributed by atoms with Crippen LogP contribution in [-0.4, -0.2) is 35.2 Å². The fraction of sp³-hybridized carbons (Fsp3) is 0.429. The summed E-state index contributed by atoms with van der Waals surface area (Å²) in [6.45, 7) is 3.67. The van der Waals surface area contributed by atoms with E-state index >= 15 is 0 Å². The molecular formula is C14H19NO5. The van der Waals surface area contributed by atoms with Crippen LogP contribution in [0.3, 0.4) is 0 Å². The fourth-order valence-corrected chi connectivity index (χ4v) is 1.72. The molecule has 1 amide bonds. The number of amides is 1. The Morgan fingerprint density at radius 2 is 2.00 bits per heavy atom. The van der Waals surface area contributed by atoms with Crippen LogP contribution in [0.1, 0.15) is 30.6 Å². The summed E-state index contributed by atoms with van der Waals surface area (Å²) in [5.74, 6) is -1.28. The lowest BCUT2D eigenvalue weighted by Crippen LogP contribution is -2.40. The van der Waals surface area contributed by atoms with Gasteiger partial charge in [0.25, 0.3) is 5.91 Å². The summed E-state index contributed by atoms with van der Waals surface area (Å²) >= 11 is 0. The van der Waals surface area contributed by atoms with Gasteiger partial charge in [-0.3, -0.25) is 9.59 Å². The number of carboxylic acids is 1. The normalized spacial score (nSPS) is 12.0. The Balaban J connectivity index is 2.83. The lowest BCUT2D eigenvalue weighted by Gasteiger charge is -2.20. The molecular weight excluding hydrogens is 262 g/mol. The minimum Gasteiger partial charge on any atom is -0.504 e. The van der Waals surface area contributed by atoms with Gasteiger partial charge in [0.1, 0.15) is 0 Å². The SMILES string of the molecule is COc1ccc(C(=O)NC(CC(=O)O)C(C)C)cc1O. The molecule has 6 heteroatoms. The average molecular weight is 281 g/mol. The molecule has 0 radical (unpaired) electrons. The summed E-state index contributed by atoms with van der Waals surface area (Å²) in [5, 5.41) is 21.1. The maximum absolute atomic E-state index is 12.0. The second-order valence-electron chi connectivity index (χ2n) is 4.81. The minimum absolute atomic E-state index is 0.0121. The first-order valence-electron chi connectivity index (χ1n) is 6.24. The summed E-state index contributed by atoms with van der Waals surface area (Å²) in [7, 11) is 1.41. The Bertz CT molecular complexity index is 498. The number of methoxy groups -OCH3 is 1. The number of carboxylic acid groups (broad SMARTS) is 1. The van der Waals surface area contributed by atoms with E-state index in [0.717, 1.165) is 0 Å². The molecule has 1 unspecified atom stereocenters. The highest BCUT2D eigenvalue weighted by molar-refractivity contribution is 5.95. The molecule has 1 aromatic carbocycles. The zero-order chi connectivity index (χ0) is 15.3. The molecule has 20 heavy (non-hydrogen) atoms. The maximum Gasteiger partial charge on any atom is 0.305 e. The van der Waals surface area contributed by atoms with Crippen molar-refractivity contribution in [2.75, 3.05) is 7.11 Å². The summed E-state index contributed by atoms with van der Waals surface area (Å²) in [6.07, 6.45) is -0.147. The van der Waals surface area contributed by atoms with Crippen LogP contribution in [0.25, 0.3) is 0 Å². The third-order valence-corrected chi connectivity index (χ3v) is 2.96. The molecule has 1 rings (SSSR count). The number of carbonyl (C=O) groups is 2. The predicted octanol–water partition coefficient (Wildman–Crippen LogP) is 1.63. The number of benzene rings is 1. The van der Waals surface area contributed by atoms with Crippen molar-refractivity contribution in [1.82, 2.24) is 5.32 Å². The van der Waals surface area contributed by atoms with E-state index in [2.05, 4.69) is 5.32 Å². The van der Waals surface area contributed by atoms with E-state index in [1.807, 2.05) is 13.8 Å². The van der Waals surface area contributed by atoms with Crippen molar-refractivity contribution in [3.63, 3.8) is 0 Å². The van der Waals surface area contributed by atoms with Crippen LogP contribution < -0.4 is 10.1 Å². The number of rotatable bonds is 6. The molecule has 1 aromatic rings. The van der Waals surface area contributed by atoms with Crippen molar-refractivity contribution in [3.8, 4) is 11.5 Å². The zero-order valence-electron chi connectivity index (χ0n) is 11.7. The van der Waals surface area contributed by atoms with Crippen LogP contribution in [0.15, 0.2) is 18.2 Å². The van der Waals surface area contributed by atoms with Gasteiger partial charge in [0, 0.05) is 11.6 Å². The predicted molar refractivity (Wildman–Crippen MR) is 73.0 cm³/mol. The second kappa shape index (κ2) is 6.79. The van der Waals surface area contributed by atoms with Gasteiger partial charge in [-0.05, 0) is 24.1 Å². The van der Waals surface area contributed by atoms with Gasteiger partial charge in [0.05, 0.1) is 13.5 Å². The molecule has 0 spiro atoms. The zero-order valence-corrected chi connectivity index (χ0v) is 11.7. The van der Waals surface area contributed by atoms with Crippen LogP contribution in [0.2, 0.25) is 0 Å². The molecule has 3 N–H and O–H groups in total. The van der Waals surface area contributed by atoms with E-state index in [9.17, 15) is 14.7 Å². The molecule has 0 aliphatic rings. The molecule has 0 aromatic heterocycles. The minimum atomic E-state index is -0.971. The Hall–Kier alpha value is -2.24. The Morgan fingerprint density at radius 3 is 2.45 bits per heavy atom. The van der Waals surface area contributed by atoms with E-state index in [0.29, 0.717) is 0 Å². The van der Waals surface area contributed by atoms with Crippen molar-refractivity contribution in [1.29, 1.82) is 0 Å². The number of aliphatic carboxylic acids is 1. The average Bonchev–Trinajstić information content (AvgIpc) is 2.37. The lowest BCUT2D eigenvalue weighted by atomic mass is 10.0. The molecule has 0 aliphatic heterocycles. The van der Waals surface area contributed by atoms with E-state index in [-0.39, 0.29) is 29.4 Å². The number of nitrogens with one attached hydrogen (secondary N) is 1. The molecule has 0 fully saturated rings. The van der Waals surface area contributed by atoms with Gasteiger partial charge >= 0.3 is 5.97 Å². The first-order chi connectivity index (χ1) is 9.35. The van der Waals surface area contributed by atoms with Gasteiger partial charge in [-0.2, -0.15) is 0 Å². The first kappa shape index (κ1) is 15.8. The number of aromatic hydroxyl groups is 1. The van der Waals surface area contributed by atoms with Gasteiger partial charge < -0.3 is 20.3 Å². The molecule has 6 nitrogen and oxygen atoms in total. The lowest BCUT2D eigenvalue weighted by molar-refractivity contribution is -0.137. The van der Waals surface area contributed by atoms with Crippen LogP contribution in [0.4, 0.5) is 0 Å². The van der Waals surface area contributed by atoms with Crippen LogP contribution in [-0.2, 0) is 4.79 Å². The number of hydrogen-bond donors (Lipinski definition) is 3. The molecule has 0 saturated heterocycles. The second-order valence-corrected chi connectivity index (χ2v) is 4.81. The van der Waals surface area contributed by atoms with Crippen molar-refractivity contribution >= 4 is 11.9 Å². The third kappa shape index (κ3) is 4.15. The topological polar surface area (TPSA) is 95.9 Å². The van der Waals surface area contributed by atoms with E-state index in [4.69, 9.17) is 9.84 Å². The summed E-state index contributed by atoms with van der Waals surface area (Å²) < 4.78 is 4.89. The highest BCUT2D eigenvalue weighted by atomic mass is 16.5. The van der Waals surface area contributed by atoms with E-state index in [1.54, 1.807) is 0 Å². The maximum atomic E-state index is 12.0. The monoisotopic (exact) mass is 281 g/mol. The van der Waals surface area contributed by atoms with Crippen LogP contribution >= 0.6 is 0 Å². The highest BCUT2D eigenvalue weighted by Gasteiger charge is 2.20. The third-order valence-electron chi connectivity index (χ3n) is 2.96. The van der Waals surface area contributed by atoms with Crippen LogP contribution in [0.5, 0.6) is 11.5 Å². The largest absolute Gasteiger partial charge is 0.504 e. The number of carbonyl (C=O) groups excluding carboxylic acids is 1. The van der Waals surface area contributed by atoms with E-state index in [1.165, 1.54) is 25.3 Å². The van der Waals surface area contributed by atoms with Gasteiger partial charge in [-0.25, -0.2) is 0 Å². The number of phenols is 1. The number of ether oxygens (including phenoxy) is 1. The van der Waals surface area contributed by atoms with Crippen LogP contribution in [0, 0.1) is 5.92 Å². The van der Waals surface area contributed by atoms with Crippen molar-refractivity contribution < 1.29 is 24.5 Å². The van der Waals surface area contributed by atoms with Gasteiger partial charge in [-0.15, -0.1) is 0 Å². The van der Waals surface area contributed by atoms with E-state index < -0.39 is 17.9 Å². The number of hydrogen-bond acceptors (Lipinski definition) is 4. The van der Waals surface area contributed by atoms with Gasteiger partial charge in [0.2, 0.25) is 0 Å². The fourth-order valence-electron chi connectivity index (χ4n) is 1.72. The van der Waals surface area contributed by atoms with Gasteiger partial charge in [0.15, 0.2) is 11.5 Å². The summed E-state index contributed by atoms with van der Waals surface area (Å²) in [6, 6.07) is 3.80. The summed E-state index contributed by atoms with van der Waals surface area (Å²) in [4.78, 5) is 22.8.